The molecule has 3 aromatic carbocycles. The first-order chi connectivity index (χ1) is 18.8. The van der Waals surface area contributed by atoms with Gasteiger partial charge in [0.2, 0.25) is 5.91 Å². The Labute approximate surface area is 226 Å². The second-order valence-electron chi connectivity index (χ2n) is 9.60. The van der Waals surface area contributed by atoms with Crippen LogP contribution in [0.5, 0.6) is 0 Å². The molecule has 0 unspecified atom stereocenters. The second-order valence-corrected chi connectivity index (χ2v) is 9.60. The first-order valence-corrected chi connectivity index (χ1v) is 13.0. The summed E-state index contributed by atoms with van der Waals surface area (Å²) in [5.74, 6) is -2.09. The summed E-state index contributed by atoms with van der Waals surface area (Å²) in [5, 5.41) is 17.7. The average molecular weight is 535 g/mol. The Balaban J connectivity index is 1.37. The molecular formula is C31H32F2N2O4. The van der Waals surface area contributed by atoms with Gasteiger partial charge in [-0.15, -0.1) is 0 Å². The van der Waals surface area contributed by atoms with Gasteiger partial charge in [-0.3, -0.25) is 9.59 Å². The van der Waals surface area contributed by atoms with Crippen molar-refractivity contribution in [1.82, 2.24) is 10.6 Å². The molecule has 0 radical (unpaired) electrons. The lowest BCUT2D eigenvalue weighted by molar-refractivity contribution is -0.122. The number of fused-ring (bicyclic) bond motifs is 1. The summed E-state index contributed by atoms with van der Waals surface area (Å²) >= 11 is 0. The number of amides is 1. The van der Waals surface area contributed by atoms with E-state index in [2.05, 4.69) is 23.6 Å². The third-order valence-electron chi connectivity index (χ3n) is 6.55. The van der Waals surface area contributed by atoms with Crippen molar-refractivity contribution in [1.29, 1.82) is 0 Å². The molecule has 3 N–H and O–H groups in total. The van der Waals surface area contributed by atoms with E-state index in [4.69, 9.17) is 4.42 Å². The number of aryl methyl sites for hydroxylation is 1. The summed E-state index contributed by atoms with van der Waals surface area (Å²) in [5.41, 5.74) is 3.14. The third-order valence-corrected chi connectivity index (χ3v) is 6.55. The maximum atomic E-state index is 13.8. The van der Waals surface area contributed by atoms with Crippen LogP contribution in [0.3, 0.4) is 0 Å². The van der Waals surface area contributed by atoms with Crippen molar-refractivity contribution in [2.24, 2.45) is 0 Å². The summed E-state index contributed by atoms with van der Waals surface area (Å²) in [6, 6.07) is 19.2. The molecule has 8 heteroatoms. The number of carbonyl (C=O) groups excluding carboxylic acids is 2. The molecule has 0 saturated carbocycles. The zero-order valence-corrected chi connectivity index (χ0v) is 21.8. The van der Waals surface area contributed by atoms with Gasteiger partial charge < -0.3 is 20.2 Å². The SMILES string of the molecule is CCc1cccc(CNC[C@H](O)[C@H](Cc2cc(F)cc(F)c2)NC(=O)CCC(=O)c2cc3ccccc3o2)c1. The van der Waals surface area contributed by atoms with Crippen molar-refractivity contribution < 1.29 is 27.9 Å². The lowest BCUT2D eigenvalue weighted by atomic mass is 10.00. The van der Waals surface area contributed by atoms with Gasteiger partial charge in [0.15, 0.2) is 11.5 Å². The Morgan fingerprint density at radius 3 is 2.38 bits per heavy atom. The highest BCUT2D eigenvalue weighted by molar-refractivity contribution is 5.99. The molecule has 0 saturated heterocycles. The highest BCUT2D eigenvalue weighted by Gasteiger charge is 2.23. The Kier molecular flexibility index (Phi) is 9.57. The molecule has 0 aliphatic carbocycles. The Morgan fingerprint density at radius 1 is 0.897 bits per heavy atom. The standard InChI is InChI=1S/C31H32F2N2O4/c1-2-20-6-5-7-21(12-20)18-34-19-28(37)26(15-22-13-24(32)17-25(33)14-22)35-31(38)11-10-27(36)30-16-23-8-3-4-9-29(23)39-30/h3-9,12-14,16-17,26,28,34,37H,2,10-11,15,18-19H2,1H3,(H,35,38)/t26-,28-/m0/s1. The van der Waals surface area contributed by atoms with Gasteiger partial charge in [0, 0.05) is 37.4 Å². The van der Waals surface area contributed by atoms with Crippen LogP contribution in [0.4, 0.5) is 8.78 Å². The fraction of sp³-hybridized carbons (Fsp3) is 0.290. The fourth-order valence-corrected chi connectivity index (χ4v) is 4.48. The minimum absolute atomic E-state index is 0.00606. The predicted octanol–water partition coefficient (Wildman–Crippen LogP) is 5.11. The number of furan rings is 1. The number of aliphatic hydroxyl groups is 1. The smallest absolute Gasteiger partial charge is 0.220 e. The van der Waals surface area contributed by atoms with E-state index in [1.54, 1.807) is 18.2 Å². The zero-order valence-electron chi connectivity index (χ0n) is 21.8. The number of nitrogens with one attached hydrogen (secondary N) is 2. The molecule has 6 nitrogen and oxygen atoms in total. The maximum Gasteiger partial charge on any atom is 0.220 e. The quantitative estimate of drug-likeness (QED) is 0.207. The summed E-state index contributed by atoms with van der Waals surface area (Å²) in [6.07, 6.45) is -0.358. The van der Waals surface area contributed by atoms with E-state index in [0.29, 0.717) is 17.7 Å². The van der Waals surface area contributed by atoms with E-state index in [1.165, 1.54) is 17.7 Å². The lowest BCUT2D eigenvalue weighted by Gasteiger charge is -2.25. The van der Waals surface area contributed by atoms with Gasteiger partial charge >= 0.3 is 0 Å². The van der Waals surface area contributed by atoms with Gasteiger partial charge in [0.05, 0.1) is 12.1 Å². The van der Waals surface area contributed by atoms with Crippen molar-refractivity contribution in [3.05, 3.63) is 107 Å². The molecule has 0 fully saturated rings. The summed E-state index contributed by atoms with van der Waals surface area (Å²) in [6.45, 7) is 2.71. The largest absolute Gasteiger partial charge is 0.453 e. The van der Waals surface area contributed by atoms with Crippen LogP contribution in [0.2, 0.25) is 0 Å². The van der Waals surface area contributed by atoms with E-state index >= 15 is 0 Å². The minimum atomic E-state index is -1.05. The number of hydrogen-bond acceptors (Lipinski definition) is 5. The van der Waals surface area contributed by atoms with Crippen molar-refractivity contribution in [2.75, 3.05) is 6.54 Å². The Bertz CT molecular complexity index is 1380. The van der Waals surface area contributed by atoms with Crippen molar-refractivity contribution in [3.8, 4) is 0 Å². The van der Waals surface area contributed by atoms with E-state index in [0.717, 1.165) is 23.4 Å². The number of para-hydroxylation sites is 1. The first-order valence-electron chi connectivity index (χ1n) is 13.0. The molecule has 204 valence electrons. The van der Waals surface area contributed by atoms with Crippen LogP contribution >= 0.6 is 0 Å². The third kappa shape index (κ3) is 8.05. The van der Waals surface area contributed by atoms with E-state index in [1.807, 2.05) is 30.3 Å². The van der Waals surface area contributed by atoms with Gasteiger partial charge in [-0.2, -0.15) is 0 Å². The summed E-state index contributed by atoms with van der Waals surface area (Å²) < 4.78 is 33.2. The predicted molar refractivity (Wildman–Crippen MR) is 145 cm³/mol. The topological polar surface area (TPSA) is 91.6 Å². The van der Waals surface area contributed by atoms with Crippen molar-refractivity contribution >= 4 is 22.7 Å². The highest BCUT2D eigenvalue weighted by Crippen LogP contribution is 2.20. The first kappa shape index (κ1) is 28.1. The lowest BCUT2D eigenvalue weighted by Crippen LogP contribution is -2.48. The Hall–Kier alpha value is -3.88. The summed E-state index contributed by atoms with van der Waals surface area (Å²) in [4.78, 5) is 25.4. The molecule has 0 bridgehead atoms. The molecule has 1 aromatic heterocycles. The van der Waals surface area contributed by atoms with Gasteiger partial charge in [-0.1, -0.05) is 49.4 Å². The second kappa shape index (κ2) is 13.3. The average Bonchev–Trinajstić information content (AvgIpc) is 3.35. The number of benzene rings is 3. The number of halogens is 2. The van der Waals surface area contributed by atoms with Crippen LogP contribution in [-0.2, 0) is 24.2 Å². The molecule has 4 aromatic rings. The number of carbonyl (C=O) groups is 2. The van der Waals surface area contributed by atoms with Crippen LogP contribution < -0.4 is 10.6 Å². The maximum absolute atomic E-state index is 13.8. The van der Waals surface area contributed by atoms with Crippen LogP contribution in [0.15, 0.2) is 77.2 Å². The molecule has 2 atom stereocenters. The fourth-order valence-electron chi connectivity index (χ4n) is 4.48. The number of ketones is 1. The van der Waals surface area contributed by atoms with E-state index in [-0.39, 0.29) is 37.4 Å². The molecule has 0 spiro atoms. The molecule has 0 aliphatic heterocycles. The van der Waals surface area contributed by atoms with Crippen LogP contribution in [-0.4, -0.2) is 35.5 Å². The van der Waals surface area contributed by atoms with E-state index in [9.17, 15) is 23.5 Å². The molecule has 0 aliphatic rings. The van der Waals surface area contributed by atoms with E-state index < -0.39 is 29.7 Å². The Morgan fingerprint density at radius 2 is 1.64 bits per heavy atom. The zero-order chi connectivity index (χ0) is 27.8. The van der Waals surface area contributed by atoms with Crippen LogP contribution in [0.25, 0.3) is 11.0 Å². The number of Topliss-reactive ketones (excluding diaryl/α,β-unsaturated/α-hetero) is 1. The molecule has 1 amide bonds. The van der Waals surface area contributed by atoms with Crippen molar-refractivity contribution in [3.63, 3.8) is 0 Å². The molecular weight excluding hydrogens is 502 g/mol. The van der Waals surface area contributed by atoms with Gasteiger partial charge in [-0.05, 0) is 53.8 Å². The highest BCUT2D eigenvalue weighted by atomic mass is 19.1. The van der Waals surface area contributed by atoms with Crippen molar-refractivity contribution in [2.45, 2.75) is 51.3 Å². The number of rotatable bonds is 13. The van der Waals surface area contributed by atoms with Crippen LogP contribution in [0.1, 0.15) is 47.0 Å². The summed E-state index contributed by atoms with van der Waals surface area (Å²) in [7, 11) is 0. The van der Waals surface area contributed by atoms with Gasteiger partial charge in [0.1, 0.15) is 17.2 Å². The van der Waals surface area contributed by atoms with Gasteiger partial charge in [-0.25, -0.2) is 8.78 Å². The number of hydrogen-bond donors (Lipinski definition) is 3. The monoisotopic (exact) mass is 534 g/mol. The minimum Gasteiger partial charge on any atom is -0.453 e. The van der Waals surface area contributed by atoms with Crippen LogP contribution in [0, 0.1) is 11.6 Å². The molecule has 1 heterocycles. The van der Waals surface area contributed by atoms with Gasteiger partial charge in [0.25, 0.3) is 0 Å². The molecule has 39 heavy (non-hydrogen) atoms. The number of aliphatic hydroxyl groups excluding tert-OH is 1. The molecule has 4 rings (SSSR count). The normalized spacial score (nSPS) is 12.8.